The fourth-order valence-corrected chi connectivity index (χ4v) is 1.87. The molecule has 1 saturated carbocycles. The minimum atomic E-state index is 0.316. The maximum atomic E-state index is 11.5. The standard InChI is InChI=1S/C10H19NO.C2H6/c1-8-4-6-9(7-5-8)10(12)11(2)3;1-2/h8-9H,4-7H2,1-3H3;1-2H3. The van der Waals surface area contributed by atoms with Gasteiger partial charge in [-0.25, -0.2) is 0 Å². The van der Waals surface area contributed by atoms with Crippen LogP contribution in [0.4, 0.5) is 0 Å². The summed E-state index contributed by atoms with van der Waals surface area (Å²) in [7, 11) is 3.70. The number of hydrogen-bond acceptors (Lipinski definition) is 1. The lowest BCUT2D eigenvalue weighted by Gasteiger charge is -2.27. The van der Waals surface area contributed by atoms with E-state index in [1.54, 1.807) is 4.90 Å². The zero-order chi connectivity index (χ0) is 11.1. The third-order valence-electron chi connectivity index (χ3n) is 2.81. The molecule has 0 aromatic heterocycles. The third kappa shape index (κ3) is 4.12. The Bertz CT molecular complexity index is 158. The summed E-state index contributed by atoms with van der Waals surface area (Å²) < 4.78 is 0. The minimum absolute atomic E-state index is 0.316. The molecule has 1 aliphatic carbocycles. The van der Waals surface area contributed by atoms with Gasteiger partial charge in [0.2, 0.25) is 5.91 Å². The van der Waals surface area contributed by atoms with E-state index in [4.69, 9.17) is 0 Å². The predicted molar refractivity (Wildman–Crippen MR) is 61.2 cm³/mol. The molecule has 0 aromatic rings. The van der Waals surface area contributed by atoms with Gasteiger partial charge in [-0.2, -0.15) is 0 Å². The fraction of sp³-hybridized carbons (Fsp3) is 0.917. The van der Waals surface area contributed by atoms with Crippen LogP contribution in [0.5, 0.6) is 0 Å². The van der Waals surface area contributed by atoms with Gasteiger partial charge in [0.25, 0.3) is 0 Å². The van der Waals surface area contributed by atoms with Crippen molar-refractivity contribution >= 4 is 5.91 Å². The van der Waals surface area contributed by atoms with Crippen LogP contribution < -0.4 is 0 Å². The van der Waals surface area contributed by atoms with Crippen LogP contribution in [0, 0.1) is 11.8 Å². The smallest absolute Gasteiger partial charge is 0.225 e. The second kappa shape index (κ2) is 6.86. The van der Waals surface area contributed by atoms with Gasteiger partial charge in [0.15, 0.2) is 0 Å². The highest BCUT2D eigenvalue weighted by molar-refractivity contribution is 5.78. The van der Waals surface area contributed by atoms with E-state index >= 15 is 0 Å². The summed E-state index contributed by atoms with van der Waals surface area (Å²) in [5, 5.41) is 0. The molecule has 1 aliphatic rings. The summed E-state index contributed by atoms with van der Waals surface area (Å²) in [5.74, 6) is 1.47. The van der Waals surface area contributed by atoms with Crippen molar-refractivity contribution in [3.63, 3.8) is 0 Å². The molecule has 0 aromatic carbocycles. The number of amides is 1. The molecule has 0 atom stereocenters. The van der Waals surface area contributed by atoms with Crippen molar-refractivity contribution in [2.75, 3.05) is 14.1 Å². The second-order valence-corrected chi connectivity index (χ2v) is 4.19. The molecule has 0 aliphatic heterocycles. The number of rotatable bonds is 1. The number of carbonyl (C=O) groups excluding carboxylic acids is 1. The molecule has 0 radical (unpaired) electrons. The summed E-state index contributed by atoms with van der Waals surface area (Å²) in [6, 6.07) is 0. The first kappa shape index (κ1) is 13.5. The van der Waals surface area contributed by atoms with Crippen LogP contribution in [0.25, 0.3) is 0 Å². The Hall–Kier alpha value is -0.530. The average Bonchev–Trinajstić information content (AvgIpc) is 2.21. The Balaban J connectivity index is 0.000000791. The first-order valence-electron chi connectivity index (χ1n) is 5.82. The van der Waals surface area contributed by atoms with Gasteiger partial charge in [-0.1, -0.05) is 20.8 Å². The number of nitrogens with zero attached hydrogens (tertiary/aromatic N) is 1. The molecule has 0 saturated heterocycles. The lowest BCUT2D eigenvalue weighted by Crippen LogP contribution is -2.31. The molecule has 1 rings (SSSR count). The van der Waals surface area contributed by atoms with Gasteiger partial charge in [-0.3, -0.25) is 4.79 Å². The summed E-state index contributed by atoms with van der Waals surface area (Å²) in [4.78, 5) is 13.3. The predicted octanol–water partition coefficient (Wildman–Crippen LogP) is 2.93. The summed E-state index contributed by atoms with van der Waals surface area (Å²) in [5.41, 5.74) is 0. The molecule has 2 nitrogen and oxygen atoms in total. The molecule has 14 heavy (non-hydrogen) atoms. The van der Waals surface area contributed by atoms with Crippen molar-refractivity contribution in [3.05, 3.63) is 0 Å². The Labute approximate surface area is 88.7 Å². The van der Waals surface area contributed by atoms with Crippen molar-refractivity contribution in [2.45, 2.75) is 46.5 Å². The SMILES string of the molecule is CC.CC1CCC(C(=O)N(C)C)CC1. The van der Waals surface area contributed by atoms with Crippen LogP contribution in [-0.2, 0) is 4.79 Å². The molecule has 0 unspecified atom stereocenters. The van der Waals surface area contributed by atoms with Crippen molar-refractivity contribution in [1.82, 2.24) is 4.90 Å². The fourth-order valence-electron chi connectivity index (χ4n) is 1.87. The first-order valence-corrected chi connectivity index (χ1v) is 5.82. The van der Waals surface area contributed by atoms with E-state index in [1.807, 2.05) is 27.9 Å². The molecular weight excluding hydrogens is 174 g/mol. The molecule has 0 bridgehead atoms. The Kier molecular flexibility index (Phi) is 6.60. The van der Waals surface area contributed by atoms with E-state index in [0.717, 1.165) is 18.8 Å². The highest BCUT2D eigenvalue weighted by Gasteiger charge is 2.24. The highest BCUT2D eigenvalue weighted by Crippen LogP contribution is 2.28. The Morgan fingerprint density at radius 1 is 1.07 bits per heavy atom. The van der Waals surface area contributed by atoms with E-state index in [0.29, 0.717) is 11.8 Å². The van der Waals surface area contributed by atoms with E-state index in [2.05, 4.69) is 6.92 Å². The van der Waals surface area contributed by atoms with E-state index < -0.39 is 0 Å². The largest absolute Gasteiger partial charge is 0.349 e. The van der Waals surface area contributed by atoms with Gasteiger partial charge in [0, 0.05) is 20.0 Å². The van der Waals surface area contributed by atoms with Crippen LogP contribution in [-0.4, -0.2) is 24.9 Å². The summed E-state index contributed by atoms with van der Waals surface area (Å²) >= 11 is 0. The molecule has 84 valence electrons. The van der Waals surface area contributed by atoms with Crippen LogP contribution >= 0.6 is 0 Å². The molecule has 1 amide bonds. The highest BCUT2D eigenvalue weighted by atomic mass is 16.2. The van der Waals surface area contributed by atoms with Crippen molar-refractivity contribution in [2.24, 2.45) is 11.8 Å². The zero-order valence-electron chi connectivity index (χ0n) is 10.3. The van der Waals surface area contributed by atoms with E-state index in [-0.39, 0.29) is 0 Å². The third-order valence-corrected chi connectivity index (χ3v) is 2.81. The minimum Gasteiger partial charge on any atom is -0.349 e. The molecule has 2 heteroatoms. The zero-order valence-corrected chi connectivity index (χ0v) is 10.3. The van der Waals surface area contributed by atoms with Gasteiger partial charge in [0.05, 0.1) is 0 Å². The van der Waals surface area contributed by atoms with Gasteiger partial charge in [0.1, 0.15) is 0 Å². The van der Waals surface area contributed by atoms with Gasteiger partial charge >= 0.3 is 0 Å². The van der Waals surface area contributed by atoms with Crippen molar-refractivity contribution in [1.29, 1.82) is 0 Å². The molecule has 0 N–H and O–H groups in total. The van der Waals surface area contributed by atoms with Gasteiger partial charge < -0.3 is 4.90 Å². The summed E-state index contributed by atoms with van der Waals surface area (Å²) in [6.45, 7) is 6.27. The van der Waals surface area contributed by atoms with Crippen LogP contribution in [0.3, 0.4) is 0 Å². The van der Waals surface area contributed by atoms with Gasteiger partial charge in [-0.05, 0) is 31.6 Å². The van der Waals surface area contributed by atoms with E-state index in [9.17, 15) is 4.79 Å². The molecule has 1 fully saturated rings. The average molecular weight is 199 g/mol. The normalized spacial score (nSPS) is 26.1. The van der Waals surface area contributed by atoms with Crippen LogP contribution in [0.1, 0.15) is 46.5 Å². The number of hydrogen-bond donors (Lipinski definition) is 0. The van der Waals surface area contributed by atoms with Crippen LogP contribution in [0.2, 0.25) is 0 Å². The Morgan fingerprint density at radius 3 is 1.86 bits per heavy atom. The molecule has 0 heterocycles. The molecular formula is C12H25NO. The quantitative estimate of drug-likeness (QED) is 0.636. The second-order valence-electron chi connectivity index (χ2n) is 4.19. The lowest BCUT2D eigenvalue weighted by molar-refractivity contribution is -0.134. The van der Waals surface area contributed by atoms with Crippen LogP contribution in [0.15, 0.2) is 0 Å². The first-order chi connectivity index (χ1) is 6.61. The number of carbonyl (C=O) groups is 1. The maximum Gasteiger partial charge on any atom is 0.225 e. The lowest BCUT2D eigenvalue weighted by atomic mass is 9.82. The van der Waals surface area contributed by atoms with Crippen molar-refractivity contribution in [3.8, 4) is 0 Å². The topological polar surface area (TPSA) is 20.3 Å². The monoisotopic (exact) mass is 199 g/mol. The van der Waals surface area contributed by atoms with Gasteiger partial charge in [-0.15, -0.1) is 0 Å². The Morgan fingerprint density at radius 2 is 1.50 bits per heavy atom. The molecule has 0 spiro atoms. The maximum absolute atomic E-state index is 11.5. The van der Waals surface area contributed by atoms with Crippen molar-refractivity contribution < 1.29 is 4.79 Å². The van der Waals surface area contributed by atoms with E-state index in [1.165, 1.54) is 12.8 Å². The summed E-state index contributed by atoms with van der Waals surface area (Å²) in [6.07, 6.45) is 4.64.